The van der Waals surface area contributed by atoms with Gasteiger partial charge in [0.25, 0.3) is 18.1 Å². The van der Waals surface area contributed by atoms with Gasteiger partial charge in [-0.05, 0) is 43.9 Å². The van der Waals surface area contributed by atoms with Crippen LogP contribution in [0, 0.1) is 6.92 Å². The van der Waals surface area contributed by atoms with Crippen LogP contribution >= 0.6 is 0 Å². The maximum absolute atomic E-state index is 13.3. The lowest BCUT2D eigenvalue weighted by atomic mass is 9.93. The standard InChI is InChI=1S/C21H24F2N6O/c1-12(2)16-8-15(7-13(3)26-16)20(30)28-6-4-5-14(10-28)18-9-17(19(22)23)27-21-24-11-25-29(18)21/h7-9,11-12,14,19H,4-6,10H2,1-3H3/t14-/m0/s1. The Balaban J connectivity index is 1.64. The molecule has 0 unspecified atom stereocenters. The number of hydrogen-bond donors (Lipinski definition) is 0. The predicted molar refractivity (Wildman–Crippen MR) is 107 cm³/mol. The first kappa shape index (κ1) is 20.3. The summed E-state index contributed by atoms with van der Waals surface area (Å²) >= 11 is 0. The maximum Gasteiger partial charge on any atom is 0.280 e. The molecular weight excluding hydrogens is 390 g/mol. The molecule has 1 aliphatic rings. The molecule has 30 heavy (non-hydrogen) atoms. The molecule has 0 saturated carbocycles. The van der Waals surface area contributed by atoms with Crippen LogP contribution in [0.5, 0.6) is 0 Å². The molecule has 0 radical (unpaired) electrons. The highest BCUT2D eigenvalue weighted by molar-refractivity contribution is 5.94. The van der Waals surface area contributed by atoms with Gasteiger partial charge in [-0.25, -0.2) is 18.3 Å². The van der Waals surface area contributed by atoms with Gasteiger partial charge in [-0.15, -0.1) is 0 Å². The summed E-state index contributed by atoms with van der Waals surface area (Å²) in [7, 11) is 0. The number of halogens is 2. The van der Waals surface area contributed by atoms with E-state index in [9.17, 15) is 13.6 Å². The highest BCUT2D eigenvalue weighted by atomic mass is 19.3. The van der Waals surface area contributed by atoms with Crippen molar-refractivity contribution in [1.82, 2.24) is 29.5 Å². The fraction of sp³-hybridized carbons (Fsp3) is 0.476. The molecule has 0 bridgehead atoms. The first-order chi connectivity index (χ1) is 14.3. The van der Waals surface area contributed by atoms with Gasteiger partial charge in [0.2, 0.25) is 0 Å². The average molecular weight is 414 g/mol. The molecule has 1 amide bonds. The van der Waals surface area contributed by atoms with Crippen LogP contribution in [0.3, 0.4) is 0 Å². The molecule has 0 aromatic carbocycles. The number of pyridine rings is 1. The minimum atomic E-state index is -2.69. The Labute approximate surface area is 173 Å². The Morgan fingerprint density at radius 1 is 1.17 bits per heavy atom. The number of hydrogen-bond acceptors (Lipinski definition) is 5. The number of fused-ring (bicyclic) bond motifs is 1. The summed E-state index contributed by atoms with van der Waals surface area (Å²) < 4.78 is 28.1. The molecule has 4 heterocycles. The monoisotopic (exact) mass is 414 g/mol. The van der Waals surface area contributed by atoms with Gasteiger partial charge in [-0.2, -0.15) is 10.1 Å². The summed E-state index contributed by atoms with van der Waals surface area (Å²) in [5.41, 5.74) is 2.59. The van der Waals surface area contributed by atoms with Crippen LogP contribution in [-0.4, -0.2) is 48.5 Å². The lowest BCUT2D eigenvalue weighted by Crippen LogP contribution is -2.39. The van der Waals surface area contributed by atoms with Crippen LogP contribution in [0.25, 0.3) is 5.78 Å². The smallest absolute Gasteiger partial charge is 0.280 e. The van der Waals surface area contributed by atoms with Crippen molar-refractivity contribution in [2.45, 2.75) is 51.9 Å². The fourth-order valence-electron chi connectivity index (χ4n) is 3.96. The van der Waals surface area contributed by atoms with Gasteiger partial charge in [0.1, 0.15) is 12.0 Å². The number of aromatic nitrogens is 5. The van der Waals surface area contributed by atoms with E-state index in [1.165, 1.54) is 16.9 Å². The second kappa shape index (κ2) is 8.04. The molecule has 3 aromatic rings. The molecule has 1 saturated heterocycles. The van der Waals surface area contributed by atoms with E-state index in [0.717, 1.165) is 24.2 Å². The number of aryl methyl sites for hydroxylation is 1. The number of rotatable bonds is 4. The van der Waals surface area contributed by atoms with Crippen molar-refractivity contribution >= 4 is 11.7 Å². The van der Waals surface area contributed by atoms with Crippen LogP contribution < -0.4 is 0 Å². The van der Waals surface area contributed by atoms with Crippen LogP contribution in [0.1, 0.15) is 78.1 Å². The number of nitrogens with zero attached hydrogens (tertiary/aromatic N) is 6. The van der Waals surface area contributed by atoms with Gasteiger partial charge in [0.15, 0.2) is 0 Å². The van der Waals surface area contributed by atoms with E-state index in [4.69, 9.17) is 0 Å². The maximum atomic E-state index is 13.3. The molecule has 3 aromatic heterocycles. The SMILES string of the molecule is Cc1cc(C(=O)N2CCC[C@H](c3cc(C(F)F)nc4ncnn34)C2)cc(C(C)C)n1. The number of likely N-dealkylation sites (tertiary alicyclic amines) is 1. The molecule has 4 rings (SSSR count). The van der Waals surface area contributed by atoms with E-state index in [0.29, 0.717) is 24.3 Å². The van der Waals surface area contributed by atoms with Crippen LogP contribution in [-0.2, 0) is 0 Å². The third-order valence-electron chi connectivity index (χ3n) is 5.46. The van der Waals surface area contributed by atoms with E-state index in [-0.39, 0.29) is 29.2 Å². The zero-order chi connectivity index (χ0) is 21.4. The van der Waals surface area contributed by atoms with Gasteiger partial charge < -0.3 is 4.90 Å². The zero-order valence-electron chi connectivity index (χ0n) is 17.2. The highest BCUT2D eigenvalue weighted by Crippen LogP contribution is 2.30. The molecule has 7 nitrogen and oxygen atoms in total. The number of amides is 1. The Bertz CT molecular complexity index is 1080. The number of carbonyl (C=O) groups is 1. The van der Waals surface area contributed by atoms with E-state index < -0.39 is 6.43 Å². The molecular formula is C21H24F2N6O. The number of piperidine rings is 1. The lowest BCUT2D eigenvalue weighted by molar-refractivity contribution is 0.0704. The van der Waals surface area contributed by atoms with Crippen molar-refractivity contribution in [2.24, 2.45) is 0 Å². The number of alkyl halides is 2. The minimum absolute atomic E-state index is 0.0647. The van der Waals surface area contributed by atoms with Gasteiger partial charge in [0.05, 0.1) is 5.69 Å². The van der Waals surface area contributed by atoms with E-state index in [1.807, 2.05) is 26.8 Å². The van der Waals surface area contributed by atoms with Crippen molar-refractivity contribution in [3.63, 3.8) is 0 Å². The first-order valence-electron chi connectivity index (χ1n) is 10.1. The van der Waals surface area contributed by atoms with Gasteiger partial charge >= 0.3 is 0 Å². The van der Waals surface area contributed by atoms with Crippen LogP contribution in [0.2, 0.25) is 0 Å². The normalized spacial score (nSPS) is 17.3. The molecule has 0 spiro atoms. The molecule has 0 N–H and O–H groups in total. The van der Waals surface area contributed by atoms with E-state index >= 15 is 0 Å². The highest BCUT2D eigenvalue weighted by Gasteiger charge is 2.29. The summed E-state index contributed by atoms with van der Waals surface area (Å²) in [6.07, 6.45) is 0.166. The minimum Gasteiger partial charge on any atom is -0.338 e. The Morgan fingerprint density at radius 2 is 1.97 bits per heavy atom. The van der Waals surface area contributed by atoms with Gasteiger partial charge in [-0.3, -0.25) is 9.78 Å². The Kier molecular flexibility index (Phi) is 5.44. The lowest BCUT2D eigenvalue weighted by Gasteiger charge is -2.33. The van der Waals surface area contributed by atoms with Crippen molar-refractivity contribution < 1.29 is 13.6 Å². The summed E-state index contributed by atoms with van der Waals surface area (Å²) in [6.45, 7) is 7.02. The molecule has 0 aliphatic carbocycles. The van der Waals surface area contributed by atoms with Crippen LogP contribution in [0.15, 0.2) is 24.5 Å². The van der Waals surface area contributed by atoms with Gasteiger partial charge in [-0.1, -0.05) is 13.8 Å². The second-order valence-corrected chi connectivity index (χ2v) is 8.05. The fourth-order valence-corrected chi connectivity index (χ4v) is 3.96. The third kappa shape index (κ3) is 3.88. The summed E-state index contributed by atoms with van der Waals surface area (Å²) in [6, 6.07) is 5.04. The first-order valence-corrected chi connectivity index (χ1v) is 10.1. The number of carbonyl (C=O) groups excluding carboxylic acids is 1. The van der Waals surface area contributed by atoms with E-state index in [2.05, 4.69) is 20.1 Å². The summed E-state index contributed by atoms with van der Waals surface area (Å²) in [4.78, 5) is 27.4. The summed E-state index contributed by atoms with van der Waals surface area (Å²) in [5, 5.41) is 4.15. The summed E-state index contributed by atoms with van der Waals surface area (Å²) in [5.74, 6) is 0.179. The molecule has 9 heteroatoms. The van der Waals surface area contributed by atoms with E-state index in [1.54, 1.807) is 11.0 Å². The Hall–Kier alpha value is -2.97. The molecule has 158 valence electrons. The van der Waals surface area contributed by atoms with Crippen molar-refractivity contribution in [1.29, 1.82) is 0 Å². The van der Waals surface area contributed by atoms with Crippen LogP contribution in [0.4, 0.5) is 8.78 Å². The largest absolute Gasteiger partial charge is 0.338 e. The molecule has 1 aliphatic heterocycles. The van der Waals surface area contributed by atoms with Crippen molar-refractivity contribution in [3.8, 4) is 0 Å². The molecule has 1 atom stereocenters. The quantitative estimate of drug-likeness (QED) is 0.647. The predicted octanol–water partition coefficient (Wildman–Crippen LogP) is 3.91. The zero-order valence-corrected chi connectivity index (χ0v) is 17.2. The average Bonchev–Trinajstić information content (AvgIpc) is 3.20. The molecule has 1 fully saturated rings. The van der Waals surface area contributed by atoms with Crippen molar-refractivity contribution in [2.75, 3.05) is 13.1 Å². The third-order valence-corrected chi connectivity index (χ3v) is 5.46. The topological polar surface area (TPSA) is 76.3 Å². The Morgan fingerprint density at radius 3 is 2.70 bits per heavy atom. The van der Waals surface area contributed by atoms with Gasteiger partial charge in [0, 0.05) is 36.0 Å². The van der Waals surface area contributed by atoms with Crippen molar-refractivity contribution in [3.05, 3.63) is 52.9 Å². The second-order valence-electron chi connectivity index (χ2n) is 8.05.